The van der Waals surface area contributed by atoms with Gasteiger partial charge in [0.25, 0.3) is 0 Å². The Hall–Kier alpha value is -0.790. The lowest BCUT2D eigenvalue weighted by Gasteiger charge is -2.57. The fourth-order valence-electron chi connectivity index (χ4n) is 7.67. The van der Waals surface area contributed by atoms with Crippen LogP contribution < -0.4 is 0 Å². The van der Waals surface area contributed by atoms with Crippen LogP contribution in [0, 0.1) is 34.5 Å². The van der Waals surface area contributed by atoms with E-state index in [-0.39, 0.29) is 12.1 Å². The number of hydrogen-bond donors (Lipinski definition) is 0. The highest BCUT2D eigenvalue weighted by molar-refractivity contribution is 5.72. The first-order valence-electron chi connectivity index (χ1n) is 10.3. The summed E-state index contributed by atoms with van der Waals surface area (Å²) in [4.78, 5) is 11.8. The van der Waals surface area contributed by atoms with Gasteiger partial charge in [-0.25, -0.2) is 0 Å². The summed E-state index contributed by atoms with van der Waals surface area (Å²) in [7, 11) is 0. The van der Waals surface area contributed by atoms with Crippen molar-refractivity contribution >= 4 is 5.97 Å². The molecular weight excluding hydrogens is 296 g/mol. The van der Waals surface area contributed by atoms with Gasteiger partial charge >= 0.3 is 5.97 Å². The molecule has 0 radical (unpaired) electrons. The van der Waals surface area contributed by atoms with Crippen molar-refractivity contribution in [2.24, 2.45) is 34.5 Å². The Morgan fingerprint density at radius 3 is 2.75 bits per heavy atom. The highest BCUT2D eigenvalue weighted by Crippen LogP contribution is 2.65. The molecule has 1 heterocycles. The predicted octanol–water partition coefficient (Wildman–Crippen LogP) is 5.27. The maximum absolute atomic E-state index is 11.8. The van der Waals surface area contributed by atoms with E-state index in [2.05, 4.69) is 20.8 Å². The minimum Gasteiger partial charge on any atom is -0.462 e. The number of carbonyl (C=O) groups excluding carboxylic acids is 1. The first-order chi connectivity index (χ1) is 11.4. The average Bonchev–Trinajstić information content (AvgIpc) is 3.03. The highest BCUT2D eigenvalue weighted by atomic mass is 16.5. The van der Waals surface area contributed by atoms with Crippen LogP contribution in [0.15, 0.2) is 11.1 Å². The van der Waals surface area contributed by atoms with Gasteiger partial charge < -0.3 is 4.74 Å². The number of allylic oxidation sites excluding steroid dienone is 2. The zero-order chi connectivity index (χ0) is 16.7. The van der Waals surface area contributed by atoms with Crippen molar-refractivity contribution in [3.63, 3.8) is 0 Å². The van der Waals surface area contributed by atoms with Crippen LogP contribution in [-0.2, 0) is 9.53 Å². The second-order valence-corrected chi connectivity index (χ2v) is 10.4. The number of hydrogen-bond acceptors (Lipinski definition) is 2. The molecule has 4 aliphatic carbocycles. The van der Waals surface area contributed by atoms with E-state index in [1.807, 2.05) is 11.1 Å². The minimum absolute atomic E-state index is 0.0648. The molecule has 132 valence electrons. The number of fused-ring (bicyclic) bond motifs is 5. The van der Waals surface area contributed by atoms with Gasteiger partial charge in [0.1, 0.15) is 6.10 Å². The summed E-state index contributed by atoms with van der Waals surface area (Å²) in [6.07, 6.45) is 11.5. The lowest BCUT2D eigenvalue weighted by Crippen LogP contribution is -2.51. The summed E-state index contributed by atoms with van der Waals surface area (Å²) in [6.45, 7) is 7.52. The van der Waals surface area contributed by atoms with Crippen LogP contribution in [0.3, 0.4) is 0 Å². The van der Waals surface area contributed by atoms with Crippen molar-refractivity contribution in [2.75, 3.05) is 0 Å². The van der Waals surface area contributed by atoms with Crippen LogP contribution in [0.4, 0.5) is 0 Å². The predicted molar refractivity (Wildman–Crippen MR) is 94.3 cm³/mol. The molecule has 0 spiro atoms. The molecule has 0 amide bonds. The Morgan fingerprint density at radius 1 is 1.08 bits per heavy atom. The molecule has 2 saturated carbocycles. The Kier molecular flexibility index (Phi) is 3.15. The maximum atomic E-state index is 11.8. The van der Waals surface area contributed by atoms with Crippen molar-refractivity contribution < 1.29 is 9.53 Å². The molecular formula is C22H32O2. The van der Waals surface area contributed by atoms with Gasteiger partial charge in [0.05, 0.1) is 6.42 Å². The summed E-state index contributed by atoms with van der Waals surface area (Å²) < 4.78 is 5.64. The topological polar surface area (TPSA) is 26.3 Å². The van der Waals surface area contributed by atoms with E-state index < -0.39 is 0 Å². The van der Waals surface area contributed by atoms with Crippen LogP contribution in [0.1, 0.15) is 78.6 Å². The highest BCUT2D eigenvalue weighted by Gasteiger charge is 2.57. The normalized spacial score (nSPS) is 49.1. The third-order valence-corrected chi connectivity index (χ3v) is 8.92. The Bertz CT molecular complexity index is 615. The molecule has 0 aromatic carbocycles. The fourth-order valence-corrected chi connectivity index (χ4v) is 7.67. The number of carbonyl (C=O) groups is 1. The third kappa shape index (κ3) is 1.98. The summed E-state index contributed by atoms with van der Waals surface area (Å²) in [6, 6.07) is 0. The van der Waals surface area contributed by atoms with E-state index in [1.165, 1.54) is 44.9 Å². The molecule has 1 aliphatic heterocycles. The van der Waals surface area contributed by atoms with Crippen molar-refractivity contribution in [1.82, 2.24) is 0 Å². The SMILES string of the molecule is CC1(C)CCC2=C1CC[C@H]1[C@H]2CC[C@H]2C[C@@H]3OC(=O)C[C@H]3C[C@@]21C. The van der Waals surface area contributed by atoms with Crippen LogP contribution >= 0.6 is 0 Å². The third-order valence-electron chi connectivity index (χ3n) is 8.92. The molecule has 0 bridgehead atoms. The zero-order valence-electron chi connectivity index (χ0n) is 15.6. The van der Waals surface area contributed by atoms with Crippen LogP contribution in [0.5, 0.6) is 0 Å². The second-order valence-electron chi connectivity index (χ2n) is 10.4. The maximum Gasteiger partial charge on any atom is 0.306 e. The minimum atomic E-state index is 0.0648. The van der Waals surface area contributed by atoms with Crippen molar-refractivity contribution in [1.29, 1.82) is 0 Å². The molecule has 2 nitrogen and oxygen atoms in total. The Balaban J connectivity index is 1.47. The van der Waals surface area contributed by atoms with Gasteiger partial charge in [-0.2, -0.15) is 0 Å². The summed E-state index contributed by atoms with van der Waals surface area (Å²) in [5.41, 5.74) is 4.61. The van der Waals surface area contributed by atoms with Gasteiger partial charge in [0.15, 0.2) is 0 Å². The van der Waals surface area contributed by atoms with Gasteiger partial charge in [0.2, 0.25) is 0 Å². The first-order valence-corrected chi connectivity index (χ1v) is 10.3. The van der Waals surface area contributed by atoms with Gasteiger partial charge in [-0.3, -0.25) is 4.79 Å². The van der Waals surface area contributed by atoms with Gasteiger partial charge in [-0.1, -0.05) is 31.9 Å². The monoisotopic (exact) mass is 328 g/mol. The lowest BCUT2D eigenvalue weighted by atomic mass is 9.47. The van der Waals surface area contributed by atoms with E-state index in [0.717, 1.165) is 24.2 Å². The van der Waals surface area contributed by atoms with E-state index in [9.17, 15) is 4.79 Å². The van der Waals surface area contributed by atoms with Crippen LogP contribution in [0.25, 0.3) is 0 Å². The molecule has 0 aromatic heterocycles. The lowest BCUT2D eigenvalue weighted by molar-refractivity contribution is -0.145. The summed E-state index contributed by atoms with van der Waals surface area (Å²) in [5, 5.41) is 0. The zero-order valence-corrected chi connectivity index (χ0v) is 15.6. The molecule has 0 unspecified atom stereocenters. The Labute approximate surface area is 146 Å². The van der Waals surface area contributed by atoms with Crippen molar-refractivity contribution in [3.8, 4) is 0 Å². The van der Waals surface area contributed by atoms with E-state index in [4.69, 9.17) is 4.74 Å². The first kappa shape index (κ1) is 15.5. The molecule has 24 heavy (non-hydrogen) atoms. The molecule has 6 atom stereocenters. The summed E-state index contributed by atoms with van der Waals surface area (Å²) >= 11 is 0. The molecule has 0 aromatic rings. The quantitative estimate of drug-likeness (QED) is 0.447. The molecule has 3 fully saturated rings. The average molecular weight is 328 g/mol. The fraction of sp³-hybridized carbons (Fsp3) is 0.864. The largest absolute Gasteiger partial charge is 0.462 e. The van der Waals surface area contributed by atoms with Gasteiger partial charge in [-0.15, -0.1) is 0 Å². The molecule has 5 rings (SSSR count). The molecule has 2 heteroatoms. The van der Waals surface area contributed by atoms with E-state index in [1.54, 1.807) is 0 Å². The molecule has 5 aliphatic rings. The van der Waals surface area contributed by atoms with Gasteiger partial charge in [-0.05, 0) is 80.0 Å². The van der Waals surface area contributed by atoms with Crippen LogP contribution in [0.2, 0.25) is 0 Å². The number of ether oxygens (including phenoxy) is 1. The molecule has 1 saturated heterocycles. The van der Waals surface area contributed by atoms with E-state index in [0.29, 0.717) is 23.2 Å². The Morgan fingerprint density at radius 2 is 1.92 bits per heavy atom. The number of rotatable bonds is 0. The van der Waals surface area contributed by atoms with Crippen molar-refractivity contribution in [2.45, 2.75) is 84.7 Å². The summed E-state index contributed by atoms with van der Waals surface area (Å²) in [5.74, 6) is 3.07. The van der Waals surface area contributed by atoms with Crippen LogP contribution in [-0.4, -0.2) is 12.1 Å². The number of esters is 1. The standard InChI is InChI=1S/C22H32O2/c1-21(2)9-8-16-15-5-4-14-11-19-13(10-20(23)24-19)12-22(14,3)18(15)7-6-17(16)21/h13-15,18-19H,4-12H2,1-3H3/t13-,14-,15-,18-,19-,22-/m0/s1. The second kappa shape index (κ2) is 4.89. The van der Waals surface area contributed by atoms with E-state index >= 15 is 0 Å². The van der Waals surface area contributed by atoms with Crippen molar-refractivity contribution in [3.05, 3.63) is 11.1 Å². The molecule has 0 N–H and O–H groups in total. The van der Waals surface area contributed by atoms with Gasteiger partial charge in [0, 0.05) is 5.92 Å². The smallest absolute Gasteiger partial charge is 0.306 e.